The highest BCUT2D eigenvalue weighted by Gasteiger charge is 2.53. The minimum absolute atomic E-state index is 0.0349. The summed E-state index contributed by atoms with van der Waals surface area (Å²) >= 11 is 0. The summed E-state index contributed by atoms with van der Waals surface area (Å²) in [5.74, 6) is -0.618. The molecule has 1 saturated carbocycles. The number of carbonyl (C=O) groups excluding carboxylic acids is 1. The van der Waals surface area contributed by atoms with Crippen molar-refractivity contribution < 1.29 is 17.9 Å². The number of amides is 1. The number of carbonyl (C=O) groups is 1. The number of rotatable bonds is 7. The third-order valence-electron chi connectivity index (χ3n) is 4.27. The number of hydrogen-bond donors (Lipinski definition) is 1. The Morgan fingerprint density at radius 2 is 2.18 bits per heavy atom. The zero-order chi connectivity index (χ0) is 16.5. The molecule has 2 rings (SSSR count). The predicted octanol–water partition coefficient (Wildman–Crippen LogP) is 1.40. The highest BCUT2D eigenvalue weighted by atomic mass is 32.2. The van der Waals surface area contributed by atoms with Gasteiger partial charge in [-0.25, -0.2) is 13.1 Å². The van der Waals surface area contributed by atoms with Gasteiger partial charge in [0.15, 0.2) is 0 Å². The number of nitrogens with one attached hydrogen (secondary N) is 1. The summed E-state index contributed by atoms with van der Waals surface area (Å²) in [5, 5.41) is 4.26. The van der Waals surface area contributed by atoms with Crippen LogP contribution in [-0.2, 0) is 14.8 Å². The number of aryl methyl sites for hydroxylation is 1. The first kappa shape index (κ1) is 17.0. The second-order valence-electron chi connectivity index (χ2n) is 5.88. The lowest BCUT2D eigenvalue weighted by molar-refractivity contribution is 0.0980. The highest BCUT2D eigenvalue weighted by Crippen LogP contribution is 2.45. The van der Waals surface area contributed by atoms with Crippen LogP contribution >= 0.6 is 0 Å². The number of aromatic nitrogens is 2. The Morgan fingerprint density at radius 1 is 1.55 bits per heavy atom. The second kappa shape index (κ2) is 6.00. The molecule has 1 aliphatic carbocycles. The van der Waals surface area contributed by atoms with Crippen LogP contribution in [0.5, 0.6) is 0 Å². The molecule has 1 N–H and O–H groups in total. The van der Waals surface area contributed by atoms with Crippen LogP contribution in [0.15, 0.2) is 6.20 Å². The summed E-state index contributed by atoms with van der Waals surface area (Å²) in [4.78, 5) is 12.3. The summed E-state index contributed by atoms with van der Waals surface area (Å²) in [5.41, 5.74) is 0.774. The molecule has 0 bridgehead atoms. The molecule has 0 aromatic carbocycles. The summed E-state index contributed by atoms with van der Waals surface area (Å²) < 4.78 is 32.7. The molecule has 0 radical (unpaired) electrons. The fourth-order valence-corrected chi connectivity index (χ4v) is 4.08. The van der Waals surface area contributed by atoms with Crippen LogP contribution < -0.4 is 4.72 Å². The molecule has 1 heterocycles. The average Bonchev–Trinajstić information content (AvgIpc) is 3.16. The number of sulfonamides is 1. The fourth-order valence-electron chi connectivity index (χ4n) is 2.48. The minimum atomic E-state index is -3.65. The molecule has 7 nitrogen and oxygen atoms in total. The molecule has 124 valence electrons. The van der Waals surface area contributed by atoms with Gasteiger partial charge in [-0.05, 0) is 33.1 Å². The fraction of sp³-hybridized carbons (Fsp3) is 0.714. The van der Waals surface area contributed by atoms with Gasteiger partial charge in [0.2, 0.25) is 10.0 Å². The summed E-state index contributed by atoms with van der Waals surface area (Å²) in [6.45, 7) is 5.88. The van der Waals surface area contributed by atoms with Crippen LogP contribution in [0.1, 0.15) is 55.2 Å². The molecule has 1 aromatic heterocycles. The van der Waals surface area contributed by atoms with Gasteiger partial charge in [-0.1, -0.05) is 6.92 Å². The largest absolute Gasteiger partial charge is 0.382 e. The van der Waals surface area contributed by atoms with E-state index in [0.29, 0.717) is 31.6 Å². The molecular weight excluding hydrogens is 306 g/mol. The van der Waals surface area contributed by atoms with E-state index in [1.165, 1.54) is 0 Å². The minimum Gasteiger partial charge on any atom is -0.382 e. The Bertz CT molecular complexity index is 662. The number of methoxy groups -OCH3 is 1. The van der Waals surface area contributed by atoms with Crippen molar-refractivity contribution in [3.63, 3.8) is 0 Å². The lowest BCUT2D eigenvalue weighted by Gasteiger charge is -2.14. The second-order valence-corrected chi connectivity index (χ2v) is 7.96. The molecular formula is C14H23N3O4S. The Morgan fingerprint density at radius 3 is 2.68 bits per heavy atom. The van der Waals surface area contributed by atoms with Crippen molar-refractivity contribution in [1.29, 1.82) is 0 Å². The standard InChI is InChI=1S/C14H23N3O4S/c1-5-14(6-7-14)22(19,20)16-13(18)12-8-17(15-11(12)3)10(2)9-21-4/h8,10H,5-7,9H2,1-4H3,(H,16,18). The molecule has 8 heteroatoms. The van der Waals surface area contributed by atoms with E-state index in [2.05, 4.69) is 9.82 Å². The maximum Gasteiger partial charge on any atom is 0.268 e. The highest BCUT2D eigenvalue weighted by molar-refractivity contribution is 7.91. The van der Waals surface area contributed by atoms with E-state index >= 15 is 0 Å². The van der Waals surface area contributed by atoms with E-state index in [0.717, 1.165) is 0 Å². The SMILES string of the molecule is CCC1(S(=O)(=O)NC(=O)c2cn(C(C)COC)nc2C)CC1. The summed E-state index contributed by atoms with van der Waals surface area (Å²) in [6.07, 6.45) is 3.29. The van der Waals surface area contributed by atoms with Gasteiger partial charge < -0.3 is 4.74 Å². The number of hydrogen-bond acceptors (Lipinski definition) is 5. The van der Waals surface area contributed by atoms with Crippen molar-refractivity contribution in [2.45, 2.75) is 50.8 Å². The molecule has 1 fully saturated rings. The maximum atomic E-state index is 12.3. The number of nitrogens with zero attached hydrogens (tertiary/aromatic N) is 2. The molecule has 1 amide bonds. The van der Waals surface area contributed by atoms with Crippen LogP contribution in [0, 0.1) is 6.92 Å². The van der Waals surface area contributed by atoms with E-state index in [9.17, 15) is 13.2 Å². The third-order valence-corrected chi connectivity index (χ3v) is 6.56. The average molecular weight is 329 g/mol. The van der Waals surface area contributed by atoms with E-state index in [-0.39, 0.29) is 11.6 Å². The van der Waals surface area contributed by atoms with Gasteiger partial charge in [-0.3, -0.25) is 9.48 Å². The van der Waals surface area contributed by atoms with E-state index in [1.807, 2.05) is 13.8 Å². The number of ether oxygens (including phenoxy) is 1. The van der Waals surface area contributed by atoms with Gasteiger partial charge in [0.05, 0.1) is 28.7 Å². The molecule has 0 spiro atoms. The predicted molar refractivity (Wildman–Crippen MR) is 82.2 cm³/mol. The zero-order valence-electron chi connectivity index (χ0n) is 13.4. The quantitative estimate of drug-likeness (QED) is 0.816. The van der Waals surface area contributed by atoms with Gasteiger partial charge in [-0.2, -0.15) is 5.10 Å². The topological polar surface area (TPSA) is 90.3 Å². The monoisotopic (exact) mass is 329 g/mol. The molecule has 1 aromatic rings. The maximum absolute atomic E-state index is 12.3. The zero-order valence-corrected chi connectivity index (χ0v) is 14.2. The van der Waals surface area contributed by atoms with Crippen LogP contribution in [0.25, 0.3) is 0 Å². The first-order valence-corrected chi connectivity index (χ1v) is 8.86. The van der Waals surface area contributed by atoms with Gasteiger partial charge >= 0.3 is 0 Å². The Hall–Kier alpha value is -1.41. The van der Waals surface area contributed by atoms with E-state index in [4.69, 9.17) is 4.74 Å². The van der Waals surface area contributed by atoms with Crippen molar-refractivity contribution in [3.05, 3.63) is 17.5 Å². The van der Waals surface area contributed by atoms with Crippen molar-refractivity contribution in [1.82, 2.24) is 14.5 Å². The van der Waals surface area contributed by atoms with Gasteiger partial charge in [0.25, 0.3) is 5.91 Å². The molecule has 1 aliphatic rings. The first-order valence-electron chi connectivity index (χ1n) is 7.37. The van der Waals surface area contributed by atoms with Gasteiger partial charge in [0.1, 0.15) is 0 Å². The Balaban J connectivity index is 2.17. The van der Waals surface area contributed by atoms with Crippen LogP contribution in [0.3, 0.4) is 0 Å². The van der Waals surface area contributed by atoms with Crippen molar-refractivity contribution in [2.24, 2.45) is 0 Å². The summed E-state index contributed by atoms with van der Waals surface area (Å²) in [6, 6.07) is -0.0349. The van der Waals surface area contributed by atoms with E-state index < -0.39 is 20.7 Å². The normalized spacial score (nSPS) is 18.0. The lowest BCUT2D eigenvalue weighted by Crippen LogP contribution is -2.39. The van der Waals surface area contributed by atoms with Crippen molar-refractivity contribution >= 4 is 15.9 Å². The molecule has 0 saturated heterocycles. The lowest BCUT2D eigenvalue weighted by atomic mass is 10.2. The van der Waals surface area contributed by atoms with Gasteiger partial charge in [0, 0.05) is 13.3 Å². The van der Waals surface area contributed by atoms with E-state index in [1.54, 1.807) is 24.9 Å². The van der Waals surface area contributed by atoms with Crippen molar-refractivity contribution in [3.8, 4) is 0 Å². The first-order chi connectivity index (χ1) is 10.3. The van der Waals surface area contributed by atoms with Crippen LogP contribution in [-0.4, -0.2) is 42.6 Å². The van der Waals surface area contributed by atoms with Crippen LogP contribution in [0.2, 0.25) is 0 Å². The Kier molecular flexibility index (Phi) is 4.62. The molecule has 0 aliphatic heterocycles. The molecule has 22 heavy (non-hydrogen) atoms. The molecule has 1 atom stereocenters. The van der Waals surface area contributed by atoms with Crippen molar-refractivity contribution in [2.75, 3.05) is 13.7 Å². The smallest absolute Gasteiger partial charge is 0.268 e. The molecule has 1 unspecified atom stereocenters. The van der Waals surface area contributed by atoms with Crippen LogP contribution in [0.4, 0.5) is 0 Å². The van der Waals surface area contributed by atoms with Gasteiger partial charge in [-0.15, -0.1) is 0 Å². The Labute approximate surface area is 131 Å². The third kappa shape index (κ3) is 3.03. The summed E-state index contributed by atoms with van der Waals surface area (Å²) in [7, 11) is -2.06.